The number of aliphatic hydroxyl groups is 1. The van der Waals surface area contributed by atoms with Crippen LogP contribution in [0.5, 0.6) is 0 Å². The van der Waals surface area contributed by atoms with Gasteiger partial charge in [-0.3, -0.25) is 0 Å². The fourth-order valence-corrected chi connectivity index (χ4v) is 2.89. The van der Waals surface area contributed by atoms with E-state index in [-0.39, 0.29) is 6.10 Å². The molecular weight excluding hydrogens is 232 g/mol. The molecule has 0 saturated heterocycles. The first-order valence-electron chi connectivity index (χ1n) is 7.71. The standard InChI is InChI=1S/C18H26O/c1-3-4-5-10-18(19)14(2)16-12-11-15-8-6-7-9-17(15)13-16/h11-13,18-19H,2-10H2,1H3/t18-/m1/s1. The van der Waals surface area contributed by atoms with Gasteiger partial charge in [0.2, 0.25) is 0 Å². The molecule has 0 radical (unpaired) electrons. The van der Waals surface area contributed by atoms with E-state index in [1.54, 1.807) is 0 Å². The van der Waals surface area contributed by atoms with Gasteiger partial charge in [0, 0.05) is 0 Å². The molecule has 0 aliphatic heterocycles. The van der Waals surface area contributed by atoms with Crippen LogP contribution in [0, 0.1) is 0 Å². The van der Waals surface area contributed by atoms with Gasteiger partial charge in [-0.15, -0.1) is 0 Å². The molecule has 0 saturated carbocycles. The quantitative estimate of drug-likeness (QED) is 0.744. The fourth-order valence-electron chi connectivity index (χ4n) is 2.89. The monoisotopic (exact) mass is 258 g/mol. The van der Waals surface area contributed by atoms with Crippen molar-refractivity contribution in [1.82, 2.24) is 0 Å². The highest BCUT2D eigenvalue weighted by Crippen LogP contribution is 2.27. The zero-order valence-electron chi connectivity index (χ0n) is 12.1. The largest absolute Gasteiger partial charge is 0.388 e. The molecule has 0 amide bonds. The van der Waals surface area contributed by atoms with Crippen molar-refractivity contribution < 1.29 is 5.11 Å². The summed E-state index contributed by atoms with van der Waals surface area (Å²) < 4.78 is 0. The second-order valence-corrected chi connectivity index (χ2v) is 5.73. The maximum absolute atomic E-state index is 10.2. The lowest BCUT2D eigenvalue weighted by molar-refractivity contribution is 0.218. The Kier molecular flexibility index (Phi) is 5.21. The highest BCUT2D eigenvalue weighted by Gasteiger charge is 2.14. The van der Waals surface area contributed by atoms with Gasteiger partial charge >= 0.3 is 0 Å². The van der Waals surface area contributed by atoms with Crippen LogP contribution in [0.2, 0.25) is 0 Å². The molecule has 1 aromatic carbocycles. The van der Waals surface area contributed by atoms with Gasteiger partial charge in [-0.25, -0.2) is 0 Å². The third-order valence-corrected chi connectivity index (χ3v) is 4.20. The van der Waals surface area contributed by atoms with Gasteiger partial charge in [0.15, 0.2) is 0 Å². The van der Waals surface area contributed by atoms with Gasteiger partial charge in [0.1, 0.15) is 0 Å². The van der Waals surface area contributed by atoms with E-state index in [4.69, 9.17) is 0 Å². The van der Waals surface area contributed by atoms with Crippen LogP contribution in [-0.4, -0.2) is 11.2 Å². The zero-order valence-corrected chi connectivity index (χ0v) is 12.1. The first kappa shape index (κ1) is 14.3. The molecule has 0 bridgehead atoms. The maximum Gasteiger partial charge on any atom is 0.0790 e. The van der Waals surface area contributed by atoms with E-state index in [1.165, 1.54) is 49.7 Å². The minimum absolute atomic E-state index is 0.381. The minimum Gasteiger partial charge on any atom is -0.388 e. The summed E-state index contributed by atoms with van der Waals surface area (Å²) in [5, 5.41) is 10.2. The van der Waals surface area contributed by atoms with Crippen LogP contribution in [0.15, 0.2) is 24.8 Å². The number of rotatable bonds is 6. The second-order valence-electron chi connectivity index (χ2n) is 5.73. The summed E-state index contributed by atoms with van der Waals surface area (Å²) >= 11 is 0. The normalized spacial score (nSPS) is 15.9. The van der Waals surface area contributed by atoms with E-state index in [1.807, 2.05) is 0 Å². The van der Waals surface area contributed by atoms with Gasteiger partial charge < -0.3 is 5.11 Å². The van der Waals surface area contributed by atoms with E-state index in [0.717, 1.165) is 24.0 Å². The highest BCUT2D eigenvalue weighted by molar-refractivity contribution is 5.67. The molecule has 0 aromatic heterocycles. The molecule has 0 fully saturated rings. The number of fused-ring (bicyclic) bond motifs is 1. The SMILES string of the molecule is C=C(c1ccc2c(c1)CCCC2)[C@H](O)CCCCC. The number of benzene rings is 1. The lowest BCUT2D eigenvalue weighted by atomic mass is 9.88. The van der Waals surface area contributed by atoms with Crippen molar-refractivity contribution in [2.45, 2.75) is 64.4 Å². The van der Waals surface area contributed by atoms with Crippen LogP contribution in [-0.2, 0) is 12.8 Å². The Morgan fingerprint density at radius 3 is 2.68 bits per heavy atom. The highest BCUT2D eigenvalue weighted by atomic mass is 16.3. The molecule has 0 heterocycles. The predicted octanol–water partition coefficient (Wildman–Crippen LogP) is 4.52. The number of aryl methyl sites for hydroxylation is 2. The van der Waals surface area contributed by atoms with Crippen molar-refractivity contribution >= 4 is 5.57 Å². The van der Waals surface area contributed by atoms with Crippen molar-refractivity contribution in [1.29, 1.82) is 0 Å². The van der Waals surface area contributed by atoms with Gasteiger partial charge in [0.25, 0.3) is 0 Å². The van der Waals surface area contributed by atoms with Crippen molar-refractivity contribution in [3.8, 4) is 0 Å². The molecule has 1 heteroatoms. The Balaban J connectivity index is 2.02. The number of hydrogen-bond acceptors (Lipinski definition) is 1. The number of unbranched alkanes of at least 4 members (excludes halogenated alkanes) is 2. The van der Waals surface area contributed by atoms with E-state index < -0.39 is 0 Å². The second kappa shape index (κ2) is 6.91. The maximum atomic E-state index is 10.2. The summed E-state index contributed by atoms with van der Waals surface area (Å²) in [5.41, 5.74) is 4.98. The van der Waals surface area contributed by atoms with E-state index in [0.29, 0.717) is 0 Å². The van der Waals surface area contributed by atoms with Crippen molar-refractivity contribution in [3.05, 3.63) is 41.5 Å². The number of hydrogen-bond donors (Lipinski definition) is 1. The summed E-state index contributed by atoms with van der Waals surface area (Å²) in [6.45, 7) is 6.29. The van der Waals surface area contributed by atoms with Crippen LogP contribution < -0.4 is 0 Å². The molecule has 104 valence electrons. The molecule has 1 aromatic rings. The first-order chi connectivity index (χ1) is 9.22. The van der Waals surface area contributed by atoms with Crippen molar-refractivity contribution in [2.75, 3.05) is 0 Å². The summed E-state index contributed by atoms with van der Waals surface area (Å²) in [5.74, 6) is 0. The van der Waals surface area contributed by atoms with Crippen LogP contribution in [0.1, 0.15) is 62.1 Å². The van der Waals surface area contributed by atoms with Crippen molar-refractivity contribution in [2.24, 2.45) is 0 Å². The average molecular weight is 258 g/mol. The molecule has 2 rings (SSSR count). The molecule has 0 spiro atoms. The Bertz CT molecular complexity index is 433. The lowest BCUT2D eigenvalue weighted by Crippen LogP contribution is -2.10. The lowest BCUT2D eigenvalue weighted by Gasteiger charge is -2.19. The Morgan fingerprint density at radius 2 is 1.95 bits per heavy atom. The van der Waals surface area contributed by atoms with E-state index in [9.17, 15) is 5.11 Å². The first-order valence-corrected chi connectivity index (χ1v) is 7.71. The van der Waals surface area contributed by atoms with Crippen LogP contribution in [0.3, 0.4) is 0 Å². The Morgan fingerprint density at radius 1 is 1.21 bits per heavy atom. The van der Waals surface area contributed by atoms with Crippen LogP contribution >= 0.6 is 0 Å². The smallest absolute Gasteiger partial charge is 0.0790 e. The zero-order chi connectivity index (χ0) is 13.7. The summed E-state index contributed by atoms with van der Waals surface area (Å²) in [6, 6.07) is 6.61. The van der Waals surface area contributed by atoms with Gasteiger partial charge in [-0.05, 0) is 54.4 Å². The minimum atomic E-state index is -0.381. The molecule has 19 heavy (non-hydrogen) atoms. The van der Waals surface area contributed by atoms with Crippen molar-refractivity contribution in [3.63, 3.8) is 0 Å². The molecule has 1 nitrogen and oxygen atoms in total. The van der Waals surface area contributed by atoms with E-state index in [2.05, 4.69) is 31.7 Å². The van der Waals surface area contributed by atoms with E-state index >= 15 is 0 Å². The molecule has 1 atom stereocenters. The summed E-state index contributed by atoms with van der Waals surface area (Å²) in [6.07, 6.45) is 8.92. The fraction of sp³-hybridized carbons (Fsp3) is 0.556. The van der Waals surface area contributed by atoms with Gasteiger partial charge in [-0.2, -0.15) is 0 Å². The Hall–Kier alpha value is -1.08. The topological polar surface area (TPSA) is 20.2 Å². The summed E-state index contributed by atoms with van der Waals surface area (Å²) in [7, 11) is 0. The average Bonchev–Trinajstić information content (AvgIpc) is 2.46. The molecular formula is C18H26O. The van der Waals surface area contributed by atoms with Gasteiger partial charge in [0.05, 0.1) is 6.10 Å². The summed E-state index contributed by atoms with van der Waals surface area (Å²) in [4.78, 5) is 0. The van der Waals surface area contributed by atoms with Gasteiger partial charge in [-0.1, -0.05) is 51.0 Å². The third-order valence-electron chi connectivity index (χ3n) is 4.20. The number of aliphatic hydroxyl groups excluding tert-OH is 1. The molecule has 0 unspecified atom stereocenters. The molecule has 1 aliphatic rings. The predicted molar refractivity (Wildman–Crippen MR) is 82.3 cm³/mol. The Labute approximate surface area is 117 Å². The molecule has 1 aliphatic carbocycles. The van der Waals surface area contributed by atoms with Crippen LogP contribution in [0.25, 0.3) is 5.57 Å². The third kappa shape index (κ3) is 3.70. The van der Waals surface area contributed by atoms with Crippen LogP contribution in [0.4, 0.5) is 0 Å². The molecule has 1 N–H and O–H groups in total.